The Kier molecular flexibility index (Phi) is 4.39. The molecule has 0 radical (unpaired) electrons. The van der Waals surface area contributed by atoms with Crippen LogP contribution in [-0.4, -0.2) is 20.2 Å². The molecule has 1 atom stereocenters. The molecule has 0 fully saturated rings. The van der Waals surface area contributed by atoms with Crippen molar-refractivity contribution in [2.75, 3.05) is 5.75 Å². The van der Waals surface area contributed by atoms with Gasteiger partial charge in [-0.15, -0.1) is 0 Å². The second-order valence-electron chi connectivity index (χ2n) is 3.94. The first-order valence-corrected chi connectivity index (χ1v) is 6.98. The van der Waals surface area contributed by atoms with Crippen LogP contribution >= 0.6 is 0 Å². The molecule has 0 amide bonds. The Balaban J connectivity index is 3.25. The normalized spacial score (nSPS) is 14.5. The van der Waals surface area contributed by atoms with Gasteiger partial charge in [-0.1, -0.05) is 19.1 Å². The molecule has 0 saturated heterocycles. The molecule has 7 heteroatoms. The summed E-state index contributed by atoms with van der Waals surface area (Å²) in [7, 11) is -4.03. The first-order valence-electron chi connectivity index (χ1n) is 5.33. The summed E-state index contributed by atoms with van der Waals surface area (Å²) < 4.78 is 61.9. The van der Waals surface area contributed by atoms with Crippen LogP contribution in [0.4, 0.5) is 13.2 Å². The van der Waals surface area contributed by atoms with E-state index in [1.54, 1.807) is 6.92 Å². The average molecular weight is 281 g/mol. The van der Waals surface area contributed by atoms with E-state index in [0.717, 1.165) is 18.2 Å². The SMILES string of the molecule is CCC(N)CS(=O)(=O)c1ccccc1C(F)(F)F. The van der Waals surface area contributed by atoms with Crippen molar-refractivity contribution in [2.24, 2.45) is 5.73 Å². The largest absolute Gasteiger partial charge is 0.417 e. The fourth-order valence-corrected chi connectivity index (χ4v) is 3.25. The summed E-state index contributed by atoms with van der Waals surface area (Å²) in [5, 5.41) is 0. The highest BCUT2D eigenvalue weighted by atomic mass is 32.2. The molecule has 0 aromatic heterocycles. The Bertz CT molecular complexity index is 511. The molecule has 1 rings (SSSR count). The van der Waals surface area contributed by atoms with Gasteiger partial charge in [0.25, 0.3) is 0 Å². The highest BCUT2D eigenvalue weighted by Crippen LogP contribution is 2.34. The van der Waals surface area contributed by atoms with E-state index in [4.69, 9.17) is 5.73 Å². The minimum absolute atomic E-state index is 0.382. The summed E-state index contributed by atoms with van der Waals surface area (Å²) in [5.41, 5.74) is 4.35. The van der Waals surface area contributed by atoms with Gasteiger partial charge < -0.3 is 5.73 Å². The van der Waals surface area contributed by atoms with Crippen molar-refractivity contribution in [1.82, 2.24) is 0 Å². The number of benzene rings is 1. The standard InChI is InChI=1S/C11H14F3NO2S/c1-2-8(15)7-18(16,17)10-6-4-3-5-9(10)11(12,13)14/h3-6,8H,2,7,15H2,1H3. The molecule has 1 unspecified atom stereocenters. The quantitative estimate of drug-likeness (QED) is 0.920. The van der Waals surface area contributed by atoms with Crippen molar-refractivity contribution in [2.45, 2.75) is 30.5 Å². The molecule has 2 N–H and O–H groups in total. The van der Waals surface area contributed by atoms with Crippen molar-refractivity contribution in [1.29, 1.82) is 0 Å². The lowest BCUT2D eigenvalue weighted by molar-refractivity contribution is -0.139. The van der Waals surface area contributed by atoms with E-state index in [2.05, 4.69) is 0 Å². The van der Waals surface area contributed by atoms with E-state index in [1.807, 2.05) is 0 Å². The second-order valence-corrected chi connectivity index (χ2v) is 5.95. The highest BCUT2D eigenvalue weighted by Gasteiger charge is 2.36. The van der Waals surface area contributed by atoms with Gasteiger partial charge in [0.15, 0.2) is 9.84 Å². The lowest BCUT2D eigenvalue weighted by Crippen LogP contribution is -2.29. The third-order valence-electron chi connectivity index (χ3n) is 2.49. The van der Waals surface area contributed by atoms with Crippen LogP contribution in [0.25, 0.3) is 0 Å². The minimum atomic E-state index is -4.69. The molecular weight excluding hydrogens is 267 g/mol. The number of nitrogens with two attached hydrogens (primary N) is 1. The fraction of sp³-hybridized carbons (Fsp3) is 0.455. The number of hydrogen-bond acceptors (Lipinski definition) is 3. The van der Waals surface area contributed by atoms with Crippen LogP contribution < -0.4 is 5.73 Å². The Morgan fingerprint density at radius 2 is 1.83 bits per heavy atom. The van der Waals surface area contributed by atoms with E-state index in [9.17, 15) is 21.6 Å². The summed E-state index contributed by atoms with van der Waals surface area (Å²) in [5.74, 6) is -0.489. The molecular formula is C11H14F3NO2S. The number of hydrogen-bond donors (Lipinski definition) is 1. The number of sulfone groups is 1. The molecule has 0 heterocycles. The third-order valence-corrected chi connectivity index (χ3v) is 4.38. The molecule has 1 aromatic carbocycles. The average Bonchev–Trinajstić information content (AvgIpc) is 2.27. The van der Waals surface area contributed by atoms with E-state index in [1.165, 1.54) is 6.07 Å². The molecule has 1 aromatic rings. The van der Waals surface area contributed by atoms with Crippen LogP contribution in [0.15, 0.2) is 29.2 Å². The first kappa shape index (κ1) is 15.0. The summed E-state index contributed by atoms with van der Waals surface area (Å²) >= 11 is 0. The zero-order valence-corrected chi connectivity index (χ0v) is 10.6. The van der Waals surface area contributed by atoms with Crippen molar-refractivity contribution >= 4 is 9.84 Å². The highest BCUT2D eigenvalue weighted by molar-refractivity contribution is 7.91. The van der Waals surface area contributed by atoms with Crippen LogP contribution in [-0.2, 0) is 16.0 Å². The Morgan fingerprint density at radius 3 is 2.33 bits per heavy atom. The van der Waals surface area contributed by atoms with E-state index in [-0.39, 0.29) is 0 Å². The van der Waals surface area contributed by atoms with Gasteiger partial charge in [0.2, 0.25) is 0 Å². The zero-order valence-electron chi connectivity index (χ0n) is 9.74. The molecule has 0 aliphatic heterocycles. The number of alkyl halides is 3. The smallest absolute Gasteiger partial charge is 0.327 e. The zero-order chi connectivity index (χ0) is 14.0. The van der Waals surface area contributed by atoms with E-state index >= 15 is 0 Å². The maximum atomic E-state index is 12.7. The molecule has 0 aliphatic rings. The number of halogens is 3. The maximum Gasteiger partial charge on any atom is 0.417 e. The molecule has 0 aliphatic carbocycles. The van der Waals surface area contributed by atoms with Gasteiger partial charge in [0, 0.05) is 6.04 Å². The summed E-state index contributed by atoms with van der Waals surface area (Å²) in [4.78, 5) is -0.707. The van der Waals surface area contributed by atoms with Crippen LogP contribution in [0.5, 0.6) is 0 Å². The molecule has 3 nitrogen and oxygen atoms in total. The van der Waals surface area contributed by atoms with Crippen LogP contribution in [0.2, 0.25) is 0 Å². The fourth-order valence-electron chi connectivity index (χ4n) is 1.46. The summed E-state index contributed by atoms with van der Waals surface area (Å²) in [6.45, 7) is 1.68. The van der Waals surface area contributed by atoms with E-state index in [0.29, 0.717) is 6.42 Å². The Morgan fingerprint density at radius 1 is 1.28 bits per heavy atom. The van der Waals surface area contributed by atoms with Crippen LogP contribution in [0.3, 0.4) is 0 Å². The van der Waals surface area contributed by atoms with Gasteiger partial charge in [0.05, 0.1) is 16.2 Å². The predicted molar refractivity (Wildman–Crippen MR) is 61.8 cm³/mol. The lowest BCUT2D eigenvalue weighted by Gasteiger charge is -2.15. The molecule has 102 valence electrons. The Labute approximate surface area is 104 Å². The maximum absolute atomic E-state index is 12.7. The van der Waals surface area contributed by atoms with Gasteiger partial charge in [-0.25, -0.2) is 8.42 Å². The van der Waals surface area contributed by atoms with Crippen molar-refractivity contribution in [3.8, 4) is 0 Å². The van der Waals surface area contributed by atoms with Gasteiger partial charge in [-0.05, 0) is 18.6 Å². The van der Waals surface area contributed by atoms with E-state index < -0.39 is 38.3 Å². The van der Waals surface area contributed by atoms with Crippen molar-refractivity contribution in [3.05, 3.63) is 29.8 Å². The van der Waals surface area contributed by atoms with Crippen molar-refractivity contribution in [3.63, 3.8) is 0 Å². The van der Waals surface area contributed by atoms with Gasteiger partial charge in [-0.3, -0.25) is 0 Å². The minimum Gasteiger partial charge on any atom is -0.327 e. The third kappa shape index (κ3) is 3.46. The number of rotatable bonds is 4. The predicted octanol–water partition coefficient (Wildman–Crippen LogP) is 2.22. The van der Waals surface area contributed by atoms with Gasteiger partial charge in [0.1, 0.15) is 0 Å². The Hall–Kier alpha value is -1.08. The molecule has 0 saturated carbocycles. The van der Waals surface area contributed by atoms with Crippen molar-refractivity contribution < 1.29 is 21.6 Å². The van der Waals surface area contributed by atoms with Crippen LogP contribution in [0.1, 0.15) is 18.9 Å². The summed E-state index contributed by atoms with van der Waals surface area (Å²) in [6.07, 6.45) is -4.31. The lowest BCUT2D eigenvalue weighted by atomic mass is 10.2. The first-order chi connectivity index (χ1) is 8.18. The van der Waals surface area contributed by atoms with Gasteiger partial charge in [-0.2, -0.15) is 13.2 Å². The molecule has 0 bridgehead atoms. The molecule has 0 spiro atoms. The van der Waals surface area contributed by atoms with Gasteiger partial charge >= 0.3 is 6.18 Å². The van der Waals surface area contributed by atoms with Crippen LogP contribution in [0, 0.1) is 0 Å². The summed E-state index contributed by atoms with van der Waals surface area (Å²) in [6, 6.07) is 3.46. The molecule has 18 heavy (non-hydrogen) atoms. The topological polar surface area (TPSA) is 60.2 Å². The second kappa shape index (κ2) is 5.27. The monoisotopic (exact) mass is 281 g/mol.